The third-order valence-corrected chi connectivity index (χ3v) is 4.69. The number of nitrogens with zero attached hydrogens (tertiary/aromatic N) is 3. The van der Waals surface area contributed by atoms with Crippen molar-refractivity contribution in [1.29, 1.82) is 0 Å². The SMILES string of the molecule is CO[C@H]1CCN(c2ncnc(C)c2-c2ccc(OC(C)(C)C)cc2C)C1. The van der Waals surface area contributed by atoms with Crippen LogP contribution in [0.4, 0.5) is 5.82 Å². The number of benzene rings is 1. The van der Waals surface area contributed by atoms with Crippen LogP contribution in [-0.4, -0.2) is 41.9 Å². The minimum atomic E-state index is -0.213. The molecule has 0 unspecified atom stereocenters. The number of ether oxygens (including phenoxy) is 2. The molecule has 0 N–H and O–H groups in total. The molecule has 2 aromatic rings. The van der Waals surface area contributed by atoms with Gasteiger partial charge < -0.3 is 14.4 Å². The highest BCUT2D eigenvalue weighted by Gasteiger charge is 2.26. The van der Waals surface area contributed by atoms with Gasteiger partial charge in [-0.2, -0.15) is 0 Å². The van der Waals surface area contributed by atoms with Gasteiger partial charge in [0.1, 0.15) is 23.5 Å². The van der Waals surface area contributed by atoms with Crippen LogP contribution in [0.15, 0.2) is 24.5 Å². The van der Waals surface area contributed by atoms with Crippen molar-refractivity contribution < 1.29 is 9.47 Å². The van der Waals surface area contributed by atoms with Crippen LogP contribution in [0.5, 0.6) is 5.75 Å². The predicted molar refractivity (Wildman–Crippen MR) is 105 cm³/mol. The zero-order valence-corrected chi connectivity index (χ0v) is 16.7. The second kappa shape index (κ2) is 7.23. The molecule has 5 heteroatoms. The Morgan fingerprint density at radius 3 is 2.54 bits per heavy atom. The summed E-state index contributed by atoms with van der Waals surface area (Å²) in [5, 5.41) is 0. The van der Waals surface area contributed by atoms with Crippen LogP contribution in [-0.2, 0) is 4.74 Å². The van der Waals surface area contributed by atoms with Crippen LogP contribution in [0.25, 0.3) is 11.1 Å². The third kappa shape index (κ3) is 3.98. The highest BCUT2D eigenvalue weighted by Crippen LogP contribution is 2.36. The molecule has 5 nitrogen and oxygen atoms in total. The van der Waals surface area contributed by atoms with Gasteiger partial charge in [-0.25, -0.2) is 9.97 Å². The molecular formula is C21H29N3O2. The Morgan fingerprint density at radius 1 is 1.15 bits per heavy atom. The molecule has 1 aliphatic heterocycles. The summed E-state index contributed by atoms with van der Waals surface area (Å²) >= 11 is 0. The van der Waals surface area contributed by atoms with Crippen LogP contribution >= 0.6 is 0 Å². The zero-order chi connectivity index (χ0) is 18.9. The number of hydrogen-bond acceptors (Lipinski definition) is 5. The maximum absolute atomic E-state index is 6.00. The van der Waals surface area contributed by atoms with Gasteiger partial charge in [0.15, 0.2) is 0 Å². The molecule has 0 spiro atoms. The summed E-state index contributed by atoms with van der Waals surface area (Å²) in [7, 11) is 1.78. The average Bonchev–Trinajstić information content (AvgIpc) is 3.03. The van der Waals surface area contributed by atoms with Crippen LogP contribution in [0, 0.1) is 13.8 Å². The number of rotatable bonds is 4. The molecule has 1 atom stereocenters. The van der Waals surface area contributed by atoms with Gasteiger partial charge in [-0.15, -0.1) is 0 Å². The smallest absolute Gasteiger partial charge is 0.140 e. The lowest BCUT2D eigenvalue weighted by atomic mass is 9.99. The van der Waals surface area contributed by atoms with E-state index < -0.39 is 0 Å². The summed E-state index contributed by atoms with van der Waals surface area (Å²) in [6, 6.07) is 6.25. The van der Waals surface area contributed by atoms with Crippen molar-refractivity contribution in [2.45, 2.75) is 52.7 Å². The largest absolute Gasteiger partial charge is 0.488 e. The normalized spacial score (nSPS) is 17.6. The van der Waals surface area contributed by atoms with E-state index in [2.05, 4.69) is 54.7 Å². The second-order valence-electron chi connectivity index (χ2n) is 7.94. The molecular weight excluding hydrogens is 326 g/mol. The highest BCUT2D eigenvalue weighted by molar-refractivity contribution is 5.80. The lowest BCUT2D eigenvalue weighted by Gasteiger charge is -2.24. The van der Waals surface area contributed by atoms with E-state index in [9.17, 15) is 0 Å². The summed E-state index contributed by atoms with van der Waals surface area (Å²) in [5.74, 6) is 1.88. The van der Waals surface area contributed by atoms with E-state index in [1.54, 1.807) is 13.4 Å². The molecule has 1 aliphatic rings. The van der Waals surface area contributed by atoms with Crippen LogP contribution in [0.3, 0.4) is 0 Å². The monoisotopic (exact) mass is 355 g/mol. The first-order chi connectivity index (χ1) is 12.3. The highest BCUT2D eigenvalue weighted by atomic mass is 16.5. The average molecular weight is 355 g/mol. The molecule has 3 rings (SSSR count). The fraction of sp³-hybridized carbons (Fsp3) is 0.524. The fourth-order valence-corrected chi connectivity index (χ4v) is 3.46. The predicted octanol–water partition coefficient (Wildman–Crippen LogP) is 4.16. The second-order valence-corrected chi connectivity index (χ2v) is 7.94. The number of methoxy groups -OCH3 is 1. The van der Waals surface area contributed by atoms with E-state index >= 15 is 0 Å². The van der Waals surface area contributed by atoms with Crippen molar-refractivity contribution >= 4 is 5.82 Å². The molecule has 0 aliphatic carbocycles. The fourth-order valence-electron chi connectivity index (χ4n) is 3.46. The lowest BCUT2D eigenvalue weighted by Crippen LogP contribution is -2.24. The molecule has 0 radical (unpaired) electrons. The zero-order valence-electron chi connectivity index (χ0n) is 16.7. The van der Waals surface area contributed by atoms with Crippen molar-refractivity contribution in [3.63, 3.8) is 0 Å². The van der Waals surface area contributed by atoms with E-state index in [-0.39, 0.29) is 11.7 Å². The van der Waals surface area contributed by atoms with Gasteiger partial charge in [0.05, 0.1) is 11.8 Å². The van der Waals surface area contributed by atoms with Crippen molar-refractivity contribution in [1.82, 2.24) is 9.97 Å². The van der Waals surface area contributed by atoms with Gasteiger partial charge >= 0.3 is 0 Å². The molecule has 1 aromatic heterocycles. The minimum Gasteiger partial charge on any atom is -0.488 e. The first-order valence-corrected chi connectivity index (χ1v) is 9.18. The number of hydrogen-bond donors (Lipinski definition) is 0. The van der Waals surface area contributed by atoms with E-state index in [0.29, 0.717) is 0 Å². The van der Waals surface area contributed by atoms with E-state index in [0.717, 1.165) is 53.5 Å². The lowest BCUT2D eigenvalue weighted by molar-refractivity contribution is 0.121. The van der Waals surface area contributed by atoms with Crippen LogP contribution in [0.2, 0.25) is 0 Å². The summed E-state index contributed by atoms with van der Waals surface area (Å²) in [6.45, 7) is 12.2. The molecule has 1 saturated heterocycles. The number of anilines is 1. The van der Waals surface area contributed by atoms with Gasteiger partial charge in [0.25, 0.3) is 0 Å². The molecule has 0 saturated carbocycles. The molecule has 26 heavy (non-hydrogen) atoms. The van der Waals surface area contributed by atoms with Crippen molar-refractivity contribution in [2.24, 2.45) is 0 Å². The first kappa shape index (κ1) is 18.6. The maximum atomic E-state index is 6.00. The van der Waals surface area contributed by atoms with Gasteiger partial charge in [0.2, 0.25) is 0 Å². The van der Waals surface area contributed by atoms with E-state index in [1.165, 1.54) is 0 Å². The van der Waals surface area contributed by atoms with Crippen molar-refractivity contribution in [3.05, 3.63) is 35.8 Å². The third-order valence-electron chi connectivity index (χ3n) is 4.69. The Hall–Kier alpha value is -2.14. The molecule has 0 amide bonds. The molecule has 140 valence electrons. The topological polar surface area (TPSA) is 47.5 Å². The molecule has 1 aromatic carbocycles. The van der Waals surface area contributed by atoms with E-state index in [4.69, 9.17) is 9.47 Å². The first-order valence-electron chi connectivity index (χ1n) is 9.18. The molecule has 1 fully saturated rings. The summed E-state index contributed by atoms with van der Waals surface area (Å²) in [6.07, 6.45) is 2.94. The van der Waals surface area contributed by atoms with Gasteiger partial charge in [-0.3, -0.25) is 0 Å². The number of aryl methyl sites for hydroxylation is 2. The summed E-state index contributed by atoms with van der Waals surface area (Å²) < 4.78 is 11.5. The standard InChI is InChI=1S/C21H29N3O2/c1-14-11-16(26-21(3,4)5)7-8-18(14)19-15(2)22-13-23-20(19)24-10-9-17(12-24)25-6/h7-8,11,13,17H,9-10,12H2,1-6H3/t17-/m0/s1. The Labute approximate surface area is 156 Å². The van der Waals surface area contributed by atoms with Gasteiger partial charge in [-0.05, 0) is 64.3 Å². The van der Waals surface area contributed by atoms with Gasteiger partial charge in [-0.1, -0.05) is 6.07 Å². The van der Waals surface area contributed by atoms with E-state index in [1.807, 2.05) is 13.0 Å². The summed E-state index contributed by atoms with van der Waals surface area (Å²) in [4.78, 5) is 11.4. The van der Waals surface area contributed by atoms with Gasteiger partial charge in [0, 0.05) is 25.8 Å². The minimum absolute atomic E-state index is 0.213. The Morgan fingerprint density at radius 2 is 1.92 bits per heavy atom. The maximum Gasteiger partial charge on any atom is 0.140 e. The molecule has 2 heterocycles. The number of aromatic nitrogens is 2. The Balaban J connectivity index is 1.99. The molecule has 0 bridgehead atoms. The van der Waals surface area contributed by atoms with Crippen molar-refractivity contribution in [2.75, 3.05) is 25.1 Å². The van der Waals surface area contributed by atoms with Crippen LogP contribution in [0.1, 0.15) is 38.4 Å². The Kier molecular flexibility index (Phi) is 5.19. The van der Waals surface area contributed by atoms with Crippen LogP contribution < -0.4 is 9.64 Å². The van der Waals surface area contributed by atoms with Crippen molar-refractivity contribution in [3.8, 4) is 16.9 Å². The Bertz CT molecular complexity index is 783. The summed E-state index contributed by atoms with van der Waals surface area (Å²) in [5.41, 5.74) is 4.19. The quantitative estimate of drug-likeness (QED) is 0.824.